The molecule has 1 aromatic rings. The average molecular weight is 678 g/mol. The van der Waals surface area contributed by atoms with Crippen LogP contribution < -0.4 is 10.1 Å². The topological polar surface area (TPSA) is 197 Å². The highest BCUT2D eigenvalue weighted by atomic mass is 16.5. The minimum atomic E-state index is -3.02. The molecular formula is C36H55NO11. The summed E-state index contributed by atoms with van der Waals surface area (Å²) in [5.74, 6) is -6.64. The number of carboxylic acids is 3. The van der Waals surface area contributed by atoms with Crippen molar-refractivity contribution in [3.8, 4) is 5.75 Å². The molecule has 0 saturated heterocycles. The van der Waals surface area contributed by atoms with Crippen molar-refractivity contribution < 1.29 is 53.9 Å². The van der Waals surface area contributed by atoms with E-state index in [2.05, 4.69) is 19.2 Å². The molecule has 1 aromatic carbocycles. The molecule has 3 atom stereocenters. The van der Waals surface area contributed by atoms with E-state index in [1.54, 1.807) is 31.4 Å². The SMILES string of the molecule is COCCCCCCC(=O)CCCCCCC=C[C@H](C(=O)N[C@@H](Cc1ccc(OCCC(C)C)cc1)C(=O)O)[C@@](O)(CC(=O)O)C(=O)O. The third-order valence-electron chi connectivity index (χ3n) is 7.99. The van der Waals surface area contributed by atoms with Crippen LogP contribution in [0.1, 0.15) is 103 Å². The predicted molar refractivity (Wildman–Crippen MR) is 180 cm³/mol. The van der Waals surface area contributed by atoms with Gasteiger partial charge in [-0.1, -0.05) is 63.8 Å². The van der Waals surface area contributed by atoms with Gasteiger partial charge in [0.25, 0.3) is 0 Å². The Morgan fingerprint density at radius 2 is 1.46 bits per heavy atom. The van der Waals surface area contributed by atoms with Crippen molar-refractivity contribution in [2.75, 3.05) is 20.3 Å². The molecule has 270 valence electrons. The van der Waals surface area contributed by atoms with Gasteiger partial charge in [-0.3, -0.25) is 14.4 Å². The third-order valence-corrected chi connectivity index (χ3v) is 7.99. The number of allylic oxidation sites excluding steroid dienone is 1. The molecule has 0 aliphatic carbocycles. The summed E-state index contributed by atoms with van der Waals surface area (Å²) in [6.07, 6.45) is 10.4. The Kier molecular flexibility index (Phi) is 20.7. The summed E-state index contributed by atoms with van der Waals surface area (Å²) in [6.45, 7) is 5.42. The number of unbranched alkanes of at least 4 members (excludes halogenated alkanes) is 7. The van der Waals surface area contributed by atoms with Gasteiger partial charge in [0, 0.05) is 33.0 Å². The molecule has 0 fully saturated rings. The number of amides is 1. The lowest BCUT2D eigenvalue weighted by molar-refractivity contribution is -0.172. The van der Waals surface area contributed by atoms with Gasteiger partial charge in [-0.25, -0.2) is 9.59 Å². The number of carbonyl (C=O) groups is 5. The zero-order valence-electron chi connectivity index (χ0n) is 28.7. The number of carboxylic acid groups (broad SMARTS) is 3. The lowest BCUT2D eigenvalue weighted by Crippen LogP contribution is -2.55. The lowest BCUT2D eigenvalue weighted by atomic mass is 9.82. The fraction of sp³-hybridized carbons (Fsp3) is 0.639. The van der Waals surface area contributed by atoms with Gasteiger partial charge >= 0.3 is 17.9 Å². The van der Waals surface area contributed by atoms with Gasteiger partial charge in [-0.2, -0.15) is 0 Å². The number of ether oxygens (including phenoxy) is 2. The van der Waals surface area contributed by atoms with Gasteiger partial charge in [0.05, 0.1) is 18.9 Å². The molecule has 0 unspecified atom stereocenters. The Balaban J connectivity index is 2.78. The number of nitrogens with one attached hydrogen (secondary N) is 1. The molecule has 1 amide bonds. The maximum atomic E-state index is 13.3. The van der Waals surface area contributed by atoms with Crippen LogP contribution >= 0.6 is 0 Å². The van der Waals surface area contributed by atoms with E-state index >= 15 is 0 Å². The summed E-state index contributed by atoms with van der Waals surface area (Å²) >= 11 is 0. The van der Waals surface area contributed by atoms with Crippen molar-refractivity contribution in [3.63, 3.8) is 0 Å². The Morgan fingerprint density at radius 1 is 0.854 bits per heavy atom. The van der Waals surface area contributed by atoms with Crippen molar-refractivity contribution in [1.82, 2.24) is 5.32 Å². The van der Waals surface area contributed by atoms with Gasteiger partial charge in [0.2, 0.25) is 5.91 Å². The highest BCUT2D eigenvalue weighted by molar-refractivity contribution is 5.94. The number of benzene rings is 1. The molecule has 0 saturated carbocycles. The Hall–Kier alpha value is -3.77. The normalized spacial score (nSPS) is 13.9. The summed E-state index contributed by atoms with van der Waals surface area (Å²) < 4.78 is 10.7. The van der Waals surface area contributed by atoms with Gasteiger partial charge in [-0.05, 0) is 62.1 Å². The predicted octanol–water partition coefficient (Wildman–Crippen LogP) is 5.19. The Morgan fingerprint density at radius 3 is 2.00 bits per heavy atom. The van der Waals surface area contributed by atoms with Crippen LogP contribution in [0.5, 0.6) is 5.75 Å². The van der Waals surface area contributed by atoms with E-state index in [-0.39, 0.29) is 12.2 Å². The zero-order valence-corrected chi connectivity index (χ0v) is 28.7. The van der Waals surface area contributed by atoms with E-state index in [0.717, 1.165) is 64.0 Å². The monoisotopic (exact) mass is 677 g/mol. The summed E-state index contributed by atoms with van der Waals surface area (Å²) in [6, 6.07) is 5.20. The number of Topliss-reactive ketones (excluding diaryl/α,β-unsaturated/α-hetero) is 1. The second-order valence-corrected chi connectivity index (χ2v) is 12.6. The quantitative estimate of drug-likeness (QED) is 0.0578. The van der Waals surface area contributed by atoms with E-state index < -0.39 is 47.8 Å². The van der Waals surface area contributed by atoms with E-state index in [9.17, 15) is 44.4 Å². The highest BCUT2D eigenvalue weighted by Gasteiger charge is 2.49. The number of ketones is 1. The van der Waals surface area contributed by atoms with Gasteiger partial charge in [0.15, 0.2) is 5.60 Å². The van der Waals surface area contributed by atoms with Crippen molar-refractivity contribution >= 4 is 29.6 Å². The van der Waals surface area contributed by atoms with Crippen molar-refractivity contribution in [3.05, 3.63) is 42.0 Å². The number of rotatable bonds is 28. The molecule has 0 bridgehead atoms. The average Bonchev–Trinajstić information content (AvgIpc) is 3.01. The first-order valence-electron chi connectivity index (χ1n) is 16.9. The van der Waals surface area contributed by atoms with Crippen LogP contribution in [-0.2, 0) is 35.1 Å². The van der Waals surface area contributed by atoms with E-state index in [0.29, 0.717) is 49.5 Å². The number of aliphatic hydroxyl groups is 1. The first kappa shape index (κ1) is 42.3. The van der Waals surface area contributed by atoms with Crippen LogP contribution in [-0.4, -0.2) is 82.0 Å². The number of hydrogen-bond acceptors (Lipinski definition) is 8. The minimum absolute atomic E-state index is 0.148. The molecule has 0 aromatic heterocycles. The number of aliphatic carboxylic acids is 3. The van der Waals surface area contributed by atoms with E-state index in [1.807, 2.05) is 0 Å². The summed E-state index contributed by atoms with van der Waals surface area (Å²) in [5, 5.41) is 42.1. The molecule has 0 radical (unpaired) electrons. The summed E-state index contributed by atoms with van der Waals surface area (Å²) in [4.78, 5) is 61.0. The number of carbonyl (C=O) groups excluding carboxylic acids is 2. The fourth-order valence-corrected chi connectivity index (χ4v) is 5.06. The van der Waals surface area contributed by atoms with Crippen LogP contribution in [0.15, 0.2) is 36.4 Å². The Labute approximate surface area is 283 Å². The van der Waals surface area contributed by atoms with Gasteiger partial charge in [0.1, 0.15) is 17.6 Å². The zero-order chi connectivity index (χ0) is 36.0. The molecule has 0 heterocycles. The molecule has 1 rings (SSSR count). The highest BCUT2D eigenvalue weighted by Crippen LogP contribution is 2.26. The van der Waals surface area contributed by atoms with Crippen molar-refractivity contribution in [2.45, 2.75) is 115 Å². The minimum Gasteiger partial charge on any atom is -0.494 e. The second-order valence-electron chi connectivity index (χ2n) is 12.6. The van der Waals surface area contributed by atoms with Crippen molar-refractivity contribution in [2.24, 2.45) is 11.8 Å². The summed E-state index contributed by atoms with van der Waals surface area (Å²) in [7, 11) is 1.67. The largest absolute Gasteiger partial charge is 0.494 e. The number of methoxy groups -OCH3 is 1. The van der Waals surface area contributed by atoms with Crippen LogP contribution in [0.2, 0.25) is 0 Å². The first-order valence-corrected chi connectivity index (χ1v) is 16.9. The molecule has 12 nitrogen and oxygen atoms in total. The maximum absolute atomic E-state index is 13.3. The molecule has 5 N–H and O–H groups in total. The van der Waals surface area contributed by atoms with Gasteiger partial charge in [-0.15, -0.1) is 0 Å². The first-order chi connectivity index (χ1) is 22.8. The molecule has 0 spiro atoms. The second kappa shape index (κ2) is 23.5. The lowest BCUT2D eigenvalue weighted by Gasteiger charge is -2.29. The van der Waals surface area contributed by atoms with Gasteiger partial charge < -0.3 is 35.2 Å². The molecule has 48 heavy (non-hydrogen) atoms. The van der Waals surface area contributed by atoms with E-state index in [1.165, 1.54) is 6.08 Å². The van der Waals surface area contributed by atoms with Crippen LogP contribution in [0.3, 0.4) is 0 Å². The third kappa shape index (κ3) is 17.4. The van der Waals surface area contributed by atoms with Crippen molar-refractivity contribution in [1.29, 1.82) is 0 Å². The summed E-state index contributed by atoms with van der Waals surface area (Å²) in [5.41, 5.74) is -2.46. The number of hydrogen-bond donors (Lipinski definition) is 5. The Bertz CT molecular complexity index is 1160. The molecule has 0 aliphatic rings. The standard InChI is InChI=1S/C36H55NO11/c1-26(2)21-23-48-29-19-17-27(18-20-29)24-31(34(42)43)37-33(41)30(36(46,35(44)45)25-32(39)40)16-12-7-5-4-6-10-14-28(38)15-11-8-9-13-22-47-3/h12,16-20,26,30-31,46H,4-11,13-15,21-25H2,1-3H3,(H,37,41)(H,39,40)(H,42,43)(H,44,45)/t30-,31+,36+/m1/s1. The van der Waals surface area contributed by atoms with Crippen LogP contribution in [0, 0.1) is 11.8 Å². The van der Waals surface area contributed by atoms with Crippen LogP contribution in [0.25, 0.3) is 0 Å². The van der Waals surface area contributed by atoms with Crippen LogP contribution in [0.4, 0.5) is 0 Å². The van der Waals surface area contributed by atoms with E-state index in [4.69, 9.17) is 9.47 Å². The fourth-order valence-electron chi connectivity index (χ4n) is 5.06. The smallest absolute Gasteiger partial charge is 0.337 e. The molecule has 0 aliphatic heterocycles. The molecular weight excluding hydrogens is 622 g/mol. The molecule has 12 heteroatoms. The maximum Gasteiger partial charge on any atom is 0.337 e.